The van der Waals surface area contributed by atoms with Crippen molar-refractivity contribution in [2.45, 2.75) is 19.1 Å². The number of halogens is 2. The molecule has 0 aliphatic heterocycles. The highest BCUT2D eigenvalue weighted by Crippen LogP contribution is 2.28. The highest BCUT2D eigenvalue weighted by atomic mass is 35.5. The van der Waals surface area contributed by atoms with Gasteiger partial charge in [-0.2, -0.15) is 0 Å². The van der Waals surface area contributed by atoms with Crippen LogP contribution in [0.5, 0.6) is 0 Å². The van der Waals surface area contributed by atoms with Crippen LogP contribution in [0.25, 0.3) is 0 Å². The summed E-state index contributed by atoms with van der Waals surface area (Å²) in [5.41, 5.74) is 0.350. The Bertz CT molecular complexity index is 384. The van der Waals surface area contributed by atoms with E-state index in [-0.39, 0.29) is 9.95 Å². The Hall–Kier alpha value is -0.840. The summed E-state index contributed by atoms with van der Waals surface area (Å²) in [7, 11) is 0. The molecule has 0 aromatic heterocycles. The molecule has 0 fully saturated rings. The third kappa shape index (κ3) is 2.81. The molecule has 0 saturated heterocycles. The van der Waals surface area contributed by atoms with E-state index in [2.05, 4.69) is 0 Å². The van der Waals surface area contributed by atoms with Crippen molar-refractivity contribution in [2.75, 3.05) is 0 Å². The lowest BCUT2D eigenvalue weighted by Gasteiger charge is -2.11. The molecule has 4 nitrogen and oxygen atoms in total. The fourth-order valence-corrected chi connectivity index (χ4v) is 1.64. The molecule has 1 aromatic carbocycles. The van der Waals surface area contributed by atoms with Gasteiger partial charge in [0.05, 0.1) is 4.91 Å². The zero-order chi connectivity index (χ0) is 11.6. The maximum Gasteiger partial charge on any atom is 0.283 e. The zero-order valence-corrected chi connectivity index (χ0v) is 9.40. The van der Waals surface area contributed by atoms with E-state index in [1.54, 1.807) is 6.07 Å². The third-order valence-electron chi connectivity index (χ3n) is 2.09. The van der Waals surface area contributed by atoms with Crippen molar-refractivity contribution in [3.05, 3.63) is 38.7 Å². The first-order valence-corrected chi connectivity index (χ1v) is 4.97. The first kappa shape index (κ1) is 12.2. The second kappa shape index (κ2) is 4.79. The molecular weight excluding hydrogens is 241 g/mol. The summed E-state index contributed by atoms with van der Waals surface area (Å²) in [6.07, 6.45) is -1.17. The molecular formula is C9H10Cl2NO3+. The van der Waals surface area contributed by atoms with Crippen LogP contribution in [0.1, 0.15) is 18.6 Å². The molecule has 0 aliphatic carbocycles. The maximum absolute atomic E-state index is 10.6. The van der Waals surface area contributed by atoms with Crippen LogP contribution in [0.15, 0.2) is 18.2 Å². The van der Waals surface area contributed by atoms with Gasteiger partial charge in [-0.1, -0.05) is 29.3 Å². The summed E-state index contributed by atoms with van der Waals surface area (Å²) < 4.78 is 0. The minimum Gasteiger partial charge on any atom is -0.381 e. The third-order valence-corrected chi connectivity index (χ3v) is 2.65. The summed E-state index contributed by atoms with van der Waals surface area (Å²) in [5.74, 6) is 0. The van der Waals surface area contributed by atoms with E-state index in [9.17, 15) is 10.0 Å². The molecule has 2 atom stereocenters. The summed E-state index contributed by atoms with van der Waals surface area (Å²) in [4.78, 5) is 10.3. The molecule has 1 rings (SSSR count). The lowest BCUT2D eigenvalue weighted by Crippen LogP contribution is -2.25. The van der Waals surface area contributed by atoms with Crippen LogP contribution in [0.2, 0.25) is 10.0 Å². The molecule has 0 bridgehead atoms. The average Bonchev–Trinajstić information content (AvgIpc) is 2.15. The molecule has 0 radical (unpaired) electrons. The summed E-state index contributed by atoms with van der Waals surface area (Å²) in [5, 5.41) is 19.0. The van der Waals surface area contributed by atoms with Gasteiger partial charge in [0.25, 0.3) is 6.04 Å². The van der Waals surface area contributed by atoms with Gasteiger partial charge >= 0.3 is 0 Å². The fraction of sp³-hybridized carbons (Fsp3) is 0.333. The smallest absolute Gasteiger partial charge is 0.283 e. The number of aliphatic hydroxyl groups is 1. The molecule has 0 heterocycles. The Morgan fingerprint density at radius 1 is 1.40 bits per heavy atom. The largest absolute Gasteiger partial charge is 0.381 e. The van der Waals surface area contributed by atoms with Gasteiger partial charge in [0.2, 0.25) is 4.92 Å². The lowest BCUT2D eigenvalue weighted by molar-refractivity contribution is -0.818. The minimum absolute atomic E-state index is 0.253. The fourth-order valence-electron chi connectivity index (χ4n) is 1.12. The van der Waals surface area contributed by atoms with Crippen molar-refractivity contribution in [1.82, 2.24) is 0 Å². The van der Waals surface area contributed by atoms with Gasteiger partial charge in [-0.25, -0.2) is 5.21 Å². The van der Waals surface area contributed by atoms with Crippen molar-refractivity contribution in [3.8, 4) is 0 Å². The SMILES string of the molecule is CC(C(O)c1ccc(Cl)cc1Cl)[N+](=O)O. The number of hydrogen-bond donors (Lipinski definition) is 2. The number of benzene rings is 1. The predicted octanol–water partition coefficient (Wildman–Crippen LogP) is 2.58. The van der Waals surface area contributed by atoms with Crippen LogP contribution in [0.3, 0.4) is 0 Å². The van der Waals surface area contributed by atoms with Crippen LogP contribution in [-0.2, 0) is 0 Å². The van der Waals surface area contributed by atoms with E-state index in [1.807, 2.05) is 0 Å². The van der Waals surface area contributed by atoms with E-state index in [4.69, 9.17) is 28.4 Å². The minimum atomic E-state index is -1.17. The Kier molecular flexibility index (Phi) is 3.90. The van der Waals surface area contributed by atoms with Gasteiger partial charge < -0.3 is 5.11 Å². The van der Waals surface area contributed by atoms with E-state index >= 15 is 0 Å². The highest BCUT2D eigenvalue weighted by molar-refractivity contribution is 6.35. The van der Waals surface area contributed by atoms with Crippen LogP contribution in [0.4, 0.5) is 0 Å². The monoisotopic (exact) mass is 250 g/mol. The topological polar surface area (TPSA) is 60.5 Å². The Balaban J connectivity index is 3.01. The summed E-state index contributed by atoms with van der Waals surface area (Å²) in [6.45, 7) is 1.38. The van der Waals surface area contributed by atoms with Gasteiger partial charge in [-0.15, -0.1) is 0 Å². The molecule has 82 valence electrons. The van der Waals surface area contributed by atoms with E-state index < -0.39 is 12.1 Å². The molecule has 0 saturated carbocycles. The van der Waals surface area contributed by atoms with Crippen molar-refractivity contribution in [3.63, 3.8) is 0 Å². The van der Waals surface area contributed by atoms with Crippen molar-refractivity contribution in [1.29, 1.82) is 0 Å². The van der Waals surface area contributed by atoms with Crippen molar-refractivity contribution in [2.24, 2.45) is 0 Å². The molecule has 0 spiro atoms. The maximum atomic E-state index is 10.6. The molecule has 1 aromatic rings. The van der Waals surface area contributed by atoms with E-state index in [0.717, 1.165) is 0 Å². The quantitative estimate of drug-likeness (QED) is 0.811. The number of aliphatic hydroxyl groups excluding tert-OH is 1. The number of hydrogen-bond acceptors (Lipinski definition) is 2. The average molecular weight is 251 g/mol. The zero-order valence-electron chi connectivity index (χ0n) is 7.89. The molecule has 0 amide bonds. The number of rotatable bonds is 3. The molecule has 6 heteroatoms. The summed E-state index contributed by atoms with van der Waals surface area (Å²) >= 11 is 11.5. The highest BCUT2D eigenvalue weighted by Gasteiger charge is 2.31. The van der Waals surface area contributed by atoms with Crippen LogP contribution in [-0.4, -0.2) is 21.3 Å². The molecule has 2 N–H and O–H groups in total. The Labute approximate surface area is 96.6 Å². The lowest BCUT2D eigenvalue weighted by atomic mass is 10.0. The van der Waals surface area contributed by atoms with Crippen molar-refractivity contribution < 1.29 is 15.2 Å². The van der Waals surface area contributed by atoms with E-state index in [0.29, 0.717) is 10.6 Å². The molecule has 2 unspecified atom stereocenters. The van der Waals surface area contributed by atoms with Crippen LogP contribution in [0, 0.1) is 4.91 Å². The van der Waals surface area contributed by atoms with Gasteiger partial charge in [-0.3, -0.25) is 0 Å². The van der Waals surface area contributed by atoms with Crippen LogP contribution < -0.4 is 0 Å². The van der Waals surface area contributed by atoms with Gasteiger partial charge in [0, 0.05) is 22.5 Å². The standard InChI is InChI=1S/C9H10Cl2NO3/c1-5(12(14)15)9(13)7-3-2-6(10)4-8(7)11/h2-5,9,13H,1H3,(H,14,15)/q+1. The Morgan fingerprint density at radius 2 is 2.00 bits per heavy atom. The van der Waals surface area contributed by atoms with Crippen molar-refractivity contribution >= 4 is 23.2 Å². The normalized spacial score (nSPS) is 14.7. The first-order valence-electron chi connectivity index (χ1n) is 4.21. The van der Waals surface area contributed by atoms with E-state index in [1.165, 1.54) is 19.1 Å². The number of nitrogens with zero attached hydrogens (tertiary/aromatic N) is 1. The summed E-state index contributed by atoms with van der Waals surface area (Å²) in [6, 6.07) is 3.52. The second-order valence-electron chi connectivity index (χ2n) is 3.15. The van der Waals surface area contributed by atoms with Crippen LogP contribution >= 0.6 is 23.2 Å². The molecule has 0 aliphatic rings. The van der Waals surface area contributed by atoms with Gasteiger partial charge in [0.1, 0.15) is 0 Å². The Morgan fingerprint density at radius 3 is 2.47 bits per heavy atom. The van der Waals surface area contributed by atoms with Gasteiger partial charge in [-0.05, 0) is 12.1 Å². The van der Waals surface area contributed by atoms with Gasteiger partial charge in [0.15, 0.2) is 6.10 Å². The first-order chi connectivity index (χ1) is 6.93. The molecule has 15 heavy (non-hydrogen) atoms. The second-order valence-corrected chi connectivity index (χ2v) is 4.00. The predicted molar refractivity (Wildman–Crippen MR) is 56.3 cm³/mol.